The van der Waals surface area contributed by atoms with Crippen LogP contribution < -0.4 is 0 Å². The molecule has 0 bridgehead atoms. The van der Waals surface area contributed by atoms with Crippen LogP contribution in [0.5, 0.6) is 0 Å². The minimum Gasteiger partial charge on any atom is -0.466 e. The van der Waals surface area contributed by atoms with Crippen molar-refractivity contribution in [1.29, 1.82) is 0 Å². The summed E-state index contributed by atoms with van der Waals surface area (Å²) in [5, 5.41) is 9.52. The zero-order valence-electron chi connectivity index (χ0n) is 9.08. The van der Waals surface area contributed by atoms with Gasteiger partial charge in [-0.3, -0.25) is 0 Å². The fourth-order valence-electron chi connectivity index (χ4n) is 1.21. The average molecular weight is 200 g/mol. The highest BCUT2D eigenvalue weighted by Gasteiger charge is 2.15. The highest BCUT2D eigenvalue weighted by atomic mass is 16.5. The van der Waals surface area contributed by atoms with Crippen LogP contribution in [0, 0.1) is 0 Å². The predicted molar refractivity (Wildman–Crippen MR) is 55.9 cm³/mol. The van der Waals surface area contributed by atoms with Gasteiger partial charge in [-0.2, -0.15) is 0 Å². The van der Waals surface area contributed by atoms with Crippen molar-refractivity contribution in [3.8, 4) is 0 Å². The lowest BCUT2D eigenvalue weighted by molar-refractivity contribution is -0.137. The lowest BCUT2D eigenvalue weighted by Crippen LogP contribution is -2.18. The van der Waals surface area contributed by atoms with Crippen LogP contribution in [-0.4, -0.2) is 24.3 Å². The molecular formula is C11H20O3. The number of rotatable bonds is 7. The zero-order valence-corrected chi connectivity index (χ0v) is 9.08. The van der Waals surface area contributed by atoms with Crippen LogP contribution >= 0.6 is 0 Å². The molecule has 0 aliphatic rings. The average Bonchev–Trinajstić information content (AvgIpc) is 2.21. The topological polar surface area (TPSA) is 46.5 Å². The Bertz CT molecular complexity index is 187. The number of carbonyl (C=O) groups is 1. The molecule has 0 amide bonds. The summed E-state index contributed by atoms with van der Waals surface area (Å²) in [6, 6.07) is 0. The Hall–Kier alpha value is -0.830. The molecule has 0 aliphatic carbocycles. The molecule has 0 aliphatic heterocycles. The monoisotopic (exact) mass is 200 g/mol. The molecule has 0 heterocycles. The van der Waals surface area contributed by atoms with E-state index in [1.807, 2.05) is 0 Å². The molecule has 0 fully saturated rings. The van der Waals surface area contributed by atoms with E-state index in [4.69, 9.17) is 0 Å². The maximum atomic E-state index is 11.0. The van der Waals surface area contributed by atoms with Crippen molar-refractivity contribution >= 4 is 5.97 Å². The molecule has 0 unspecified atom stereocenters. The fourth-order valence-corrected chi connectivity index (χ4v) is 1.21. The van der Waals surface area contributed by atoms with E-state index in [0.29, 0.717) is 6.42 Å². The third-order valence-corrected chi connectivity index (χ3v) is 2.18. The molecule has 1 atom stereocenters. The molecule has 0 spiro atoms. The summed E-state index contributed by atoms with van der Waals surface area (Å²) < 4.78 is 4.46. The quantitative estimate of drug-likeness (QED) is 0.388. The zero-order chi connectivity index (χ0) is 11.0. The standard InChI is InChI=1S/C11H20O3/c1-4-5-6-7-8-10(12)9(2)11(13)14-3/h10,12H,2,4-8H2,1,3H3/t10-/m1/s1. The molecule has 1 N–H and O–H groups in total. The summed E-state index contributed by atoms with van der Waals surface area (Å²) in [7, 11) is 1.29. The van der Waals surface area contributed by atoms with Crippen molar-refractivity contribution in [3.63, 3.8) is 0 Å². The van der Waals surface area contributed by atoms with Crippen LogP contribution in [0.4, 0.5) is 0 Å². The van der Waals surface area contributed by atoms with Crippen molar-refractivity contribution < 1.29 is 14.6 Å². The number of ether oxygens (including phenoxy) is 1. The normalized spacial score (nSPS) is 12.2. The Balaban J connectivity index is 3.67. The highest BCUT2D eigenvalue weighted by molar-refractivity contribution is 5.88. The number of aliphatic hydroxyl groups is 1. The van der Waals surface area contributed by atoms with Crippen molar-refractivity contribution in [3.05, 3.63) is 12.2 Å². The predicted octanol–water partition coefficient (Wildman–Crippen LogP) is 2.05. The van der Waals surface area contributed by atoms with Crippen molar-refractivity contribution in [2.75, 3.05) is 7.11 Å². The van der Waals surface area contributed by atoms with E-state index in [9.17, 15) is 9.90 Å². The molecule has 0 radical (unpaired) electrons. The Morgan fingerprint density at radius 1 is 1.43 bits per heavy atom. The summed E-state index contributed by atoms with van der Waals surface area (Å²) in [6.45, 7) is 5.63. The third-order valence-electron chi connectivity index (χ3n) is 2.18. The molecule has 0 rings (SSSR count). The van der Waals surface area contributed by atoms with E-state index in [1.54, 1.807) is 0 Å². The smallest absolute Gasteiger partial charge is 0.335 e. The second-order valence-electron chi connectivity index (χ2n) is 3.38. The fraction of sp³-hybridized carbons (Fsp3) is 0.727. The van der Waals surface area contributed by atoms with Gasteiger partial charge >= 0.3 is 5.97 Å². The van der Waals surface area contributed by atoms with Crippen LogP contribution in [0.3, 0.4) is 0 Å². The number of methoxy groups -OCH3 is 1. The van der Waals surface area contributed by atoms with Crippen LogP contribution in [0.1, 0.15) is 39.0 Å². The maximum absolute atomic E-state index is 11.0. The summed E-state index contributed by atoms with van der Waals surface area (Å²) in [4.78, 5) is 11.0. The first kappa shape index (κ1) is 13.2. The van der Waals surface area contributed by atoms with Crippen LogP contribution in [0.25, 0.3) is 0 Å². The SMILES string of the molecule is C=C(C(=O)OC)[C@H](O)CCCCCC. The van der Waals surface area contributed by atoms with Crippen LogP contribution in [-0.2, 0) is 9.53 Å². The van der Waals surface area contributed by atoms with Gasteiger partial charge in [0.05, 0.1) is 18.8 Å². The van der Waals surface area contributed by atoms with Gasteiger partial charge in [0.1, 0.15) is 0 Å². The Morgan fingerprint density at radius 2 is 2.07 bits per heavy atom. The van der Waals surface area contributed by atoms with E-state index in [2.05, 4.69) is 18.2 Å². The molecule has 14 heavy (non-hydrogen) atoms. The summed E-state index contributed by atoms with van der Waals surface area (Å²) in [5.74, 6) is -0.520. The van der Waals surface area contributed by atoms with Gasteiger partial charge in [-0.25, -0.2) is 4.79 Å². The Morgan fingerprint density at radius 3 is 2.57 bits per heavy atom. The van der Waals surface area contributed by atoms with Crippen molar-refractivity contribution in [1.82, 2.24) is 0 Å². The van der Waals surface area contributed by atoms with Gasteiger partial charge in [-0.15, -0.1) is 0 Å². The molecule has 3 heteroatoms. The molecule has 0 saturated carbocycles. The molecule has 82 valence electrons. The Kier molecular flexibility index (Phi) is 7.11. The van der Waals surface area contributed by atoms with Crippen LogP contribution in [0.15, 0.2) is 12.2 Å². The summed E-state index contributed by atoms with van der Waals surface area (Å²) in [6.07, 6.45) is 4.17. The van der Waals surface area contributed by atoms with E-state index >= 15 is 0 Å². The van der Waals surface area contributed by atoms with Gasteiger partial charge in [0.2, 0.25) is 0 Å². The number of hydrogen-bond acceptors (Lipinski definition) is 3. The summed E-state index contributed by atoms with van der Waals surface area (Å²) >= 11 is 0. The molecule has 3 nitrogen and oxygen atoms in total. The first-order valence-corrected chi connectivity index (χ1v) is 5.08. The van der Waals surface area contributed by atoms with Gasteiger partial charge in [-0.1, -0.05) is 39.2 Å². The van der Waals surface area contributed by atoms with E-state index in [0.717, 1.165) is 25.7 Å². The first-order valence-electron chi connectivity index (χ1n) is 5.08. The van der Waals surface area contributed by atoms with Gasteiger partial charge < -0.3 is 9.84 Å². The maximum Gasteiger partial charge on any atom is 0.335 e. The van der Waals surface area contributed by atoms with Gasteiger partial charge in [0, 0.05) is 0 Å². The number of hydrogen-bond donors (Lipinski definition) is 1. The third kappa shape index (κ3) is 5.02. The molecule has 0 aromatic heterocycles. The summed E-state index contributed by atoms with van der Waals surface area (Å²) in [5.41, 5.74) is 0.156. The van der Waals surface area contributed by atoms with Crippen molar-refractivity contribution in [2.24, 2.45) is 0 Å². The lowest BCUT2D eigenvalue weighted by atomic mass is 10.0. The minimum atomic E-state index is -0.751. The first-order chi connectivity index (χ1) is 6.63. The number of esters is 1. The van der Waals surface area contributed by atoms with E-state index in [-0.39, 0.29) is 5.57 Å². The molecule has 0 aromatic carbocycles. The van der Waals surface area contributed by atoms with Gasteiger partial charge in [0.25, 0.3) is 0 Å². The van der Waals surface area contributed by atoms with Crippen LogP contribution in [0.2, 0.25) is 0 Å². The minimum absolute atomic E-state index is 0.156. The van der Waals surface area contributed by atoms with E-state index < -0.39 is 12.1 Å². The van der Waals surface area contributed by atoms with Gasteiger partial charge in [0.15, 0.2) is 0 Å². The number of aliphatic hydroxyl groups excluding tert-OH is 1. The number of carbonyl (C=O) groups excluding carboxylic acids is 1. The number of unbranched alkanes of at least 4 members (excludes halogenated alkanes) is 3. The lowest BCUT2D eigenvalue weighted by Gasteiger charge is -2.11. The van der Waals surface area contributed by atoms with Gasteiger partial charge in [-0.05, 0) is 6.42 Å². The van der Waals surface area contributed by atoms with Crippen molar-refractivity contribution in [2.45, 2.75) is 45.1 Å². The Labute approximate surface area is 85.8 Å². The molecular weight excluding hydrogens is 180 g/mol. The second-order valence-corrected chi connectivity index (χ2v) is 3.38. The van der Waals surface area contributed by atoms with E-state index in [1.165, 1.54) is 7.11 Å². The molecule has 0 aromatic rings. The largest absolute Gasteiger partial charge is 0.466 e. The highest BCUT2D eigenvalue weighted by Crippen LogP contribution is 2.11. The molecule has 0 saturated heterocycles. The second kappa shape index (κ2) is 7.56.